The smallest absolute Gasteiger partial charge is 0.217 e. The fourth-order valence-electron chi connectivity index (χ4n) is 3.07. The van der Waals surface area contributed by atoms with Crippen molar-refractivity contribution < 1.29 is 28.8 Å². The van der Waals surface area contributed by atoms with Gasteiger partial charge in [-0.25, -0.2) is 0 Å². The summed E-state index contributed by atoms with van der Waals surface area (Å²) in [7, 11) is 0. The van der Waals surface area contributed by atoms with Gasteiger partial charge in [0.15, 0.2) is 12.6 Å². The average Bonchev–Trinajstić information content (AvgIpc) is 2.63. The van der Waals surface area contributed by atoms with Crippen LogP contribution in [0, 0.1) is 0 Å². The number of nitrogens with one attached hydrogen (secondary N) is 1. The number of amides is 1. The summed E-state index contributed by atoms with van der Waals surface area (Å²) in [5, 5.41) is 13.5. The number of hydrogen-bond acceptors (Lipinski definition) is 6. The van der Waals surface area contributed by atoms with Crippen LogP contribution in [0.15, 0.2) is 43.0 Å². The zero-order chi connectivity index (χ0) is 17.8. The highest BCUT2D eigenvalue weighted by atomic mass is 16.7. The second kappa shape index (κ2) is 8.07. The van der Waals surface area contributed by atoms with Crippen LogP contribution in [0.5, 0.6) is 0 Å². The molecule has 0 spiro atoms. The first-order chi connectivity index (χ1) is 12.1. The molecule has 0 aromatic heterocycles. The van der Waals surface area contributed by atoms with Crippen molar-refractivity contribution in [2.24, 2.45) is 0 Å². The first-order valence-electron chi connectivity index (χ1n) is 8.25. The largest absolute Gasteiger partial charge is 0.388 e. The van der Waals surface area contributed by atoms with Crippen molar-refractivity contribution in [2.75, 3.05) is 13.2 Å². The minimum atomic E-state index is -0.993. The Morgan fingerprint density at radius 2 is 2.16 bits per heavy atom. The van der Waals surface area contributed by atoms with Gasteiger partial charge in [0.05, 0.1) is 13.2 Å². The van der Waals surface area contributed by atoms with E-state index >= 15 is 0 Å². The van der Waals surface area contributed by atoms with Gasteiger partial charge in [-0.15, -0.1) is 6.58 Å². The van der Waals surface area contributed by atoms with Crippen molar-refractivity contribution in [3.8, 4) is 0 Å². The monoisotopic (exact) mass is 349 g/mol. The molecule has 0 aliphatic carbocycles. The molecule has 2 fully saturated rings. The molecule has 2 N–H and O–H groups in total. The van der Waals surface area contributed by atoms with E-state index in [0.29, 0.717) is 0 Å². The molecular formula is C18H23NO6. The highest BCUT2D eigenvalue weighted by molar-refractivity contribution is 5.73. The molecule has 1 aromatic rings. The quantitative estimate of drug-likeness (QED) is 0.768. The van der Waals surface area contributed by atoms with E-state index in [2.05, 4.69) is 11.9 Å². The summed E-state index contributed by atoms with van der Waals surface area (Å²) in [5.74, 6) is -0.287. The third-order valence-corrected chi connectivity index (χ3v) is 4.19. The summed E-state index contributed by atoms with van der Waals surface area (Å²) in [6, 6.07) is 8.73. The lowest BCUT2D eigenvalue weighted by Crippen LogP contribution is -2.66. The lowest BCUT2D eigenvalue weighted by atomic mass is 9.95. The van der Waals surface area contributed by atoms with Gasteiger partial charge in [-0.3, -0.25) is 4.79 Å². The Bertz CT molecular complexity index is 594. The van der Waals surface area contributed by atoms with Crippen molar-refractivity contribution in [1.82, 2.24) is 5.32 Å². The normalized spacial score (nSPS) is 34.8. The molecule has 2 aliphatic heterocycles. The van der Waals surface area contributed by atoms with E-state index in [0.717, 1.165) is 5.56 Å². The lowest BCUT2D eigenvalue weighted by Gasteiger charge is -2.47. The third kappa shape index (κ3) is 4.08. The zero-order valence-corrected chi connectivity index (χ0v) is 14.0. The molecule has 3 rings (SSSR count). The van der Waals surface area contributed by atoms with Crippen LogP contribution in [-0.2, 0) is 23.7 Å². The molecule has 25 heavy (non-hydrogen) atoms. The van der Waals surface area contributed by atoms with Crippen LogP contribution in [0.2, 0.25) is 0 Å². The first-order valence-corrected chi connectivity index (χ1v) is 8.25. The number of rotatable bonds is 5. The molecule has 2 saturated heterocycles. The highest BCUT2D eigenvalue weighted by Crippen LogP contribution is 2.34. The fraction of sp³-hybridized carbons (Fsp3) is 0.500. The summed E-state index contributed by atoms with van der Waals surface area (Å²) in [6.07, 6.45) is -1.95. The Balaban J connectivity index is 1.75. The summed E-state index contributed by atoms with van der Waals surface area (Å²) < 4.78 is 23.1. The summed E-state index contributed by atoms with van der Waals surface area (Å²) in [4.78, 5) is 11.5. The van der Waals surface area contributed by atoms with Crippen molar-refractivity contribution in [1.29, 1.82) is 0 Å². The van der Waals surface area contributed by atoms with Crippen LogP contribution in [0.1, 0.15) is 18.8 Å². The van der Waals surface area contributed by atoms with Crippen LogP contribution in [0.25, 0.3) is 0 Å². The molecule has 6 atom stereocenters. The summed E-state index contributed by atoms with van der Waals surface area (Å²) in [6.45, 7) is 5.46. The van der Waals surface area contributed by atoms with E-state index in [9.17, 15) is 9.90 Å². The number of benzene rings is 1. The molecule has 1 aromatic carbocycles. The number of fused-ring (bicyclic) bond motifs is 1. The number of hydrogen-bond donors (Lipinski definition) is 2. The number of aliphatic hydroxyl groups excluding tert-OH is 1. The third-order valence-electron chi connectivity index (χ3n) is 4.19. The lowest BCUT2D eigenvalue weighted by molar-refractivity contribution is -0.343. The first kappa shape index (κ1) is 18.0. The Hall–Kier alpha value is -1.77. The van der Waals surface area contributed by atoms with E-state index in [1.54, 1.807) is 6.08 Å². The average molecular weight is 349 g/mol. The number of carbonyl (C=O) groups is 1. The molecule has 0 saturated carbocycles. The second-order valence-electron chi connectivity index (χ2n) is 6.06. The van der Waals surface area contributed by atoms with Crippen LogP contribution in [-0.4, -0.2) is 54.9 Å². The minimum absolute atomic E-state index is 0.235. The van der Waals surface area contributed by atoms with Gasteiger partial charge in [-0.2, -0.15) is 0 Å². The van der Waals surface area contributed by atoms with Crippen molar-refractivity contribution in [3.05, 3.63) is 48.6 Å². The van der Waals surface area contributed by atoms with Gasteiger partial charge in [0.2, 0.25) is 5.91 Å². The maximum Gasteiger partial charge on any atom is 0.217 e. The van der Waals surface area contributed by atoms with Crippen LogP contribution in [0.4, 0.5) is 0 Å². The topological polar surface area (TPSA) is 86.2 Å². The van der Waals surface area contributed by atoms with Gasteiger partial charge in [-0.1, -0.05) is 36.4 Å². The summed E-state index contributed by atoms with van der Waals surface area (Å²) in [5.41, 5.74) is 0.856. The molecule has 0 bridgehead atoms. The zero-order valence-electron chi connectivity index (χ0n) is 14.0. The standard InChI is InChI=1S/C18H23NO6/c1-3-9-22-18-14(19-11(2)20)15(21)16-13(24-18)10-23-17(25-16)12-7-5-4-6-8-12/h3-8,13-18,21H,1,9-10H2,2H3,(H,19,20)/t13?,14?,15?,16-,17?,18-/m1/s1. The fourth-order valence-corrected chi connectivity index (χ4v) is 3.07. The number of aliphatic hydroxyl groups is 1. The second-order valence-corrected chi connectivity index (χ2v) is 6.06. The SMILES string of the molecule is C=CCO[C@@H]1OC2COC(c3ccccc3)O[C@H]2C(O)C1NC(C)=O. The molecule has 2 aliphatic rings. The van der Waals surface area contributed by atoms with Crippen molar-refractivity contribution >= 4 is 5.91 Å². The van der Waals surface area contributed by atoms with Gasteiger partial charge in [0.1, 0.15) is 24.4 Å². The Labute approximate surface area is 146 Å². The molecule has 136 valence electrons. The molecule has 4 unspecified atom stereocenters. The molecule has 7 heteroatoms. The Kier molecular flexibility index (Phi) is 5.82. The minimum Gasteiger partial charge on any atom is -0.388 e. The predicted molar refractivity (Wildman–Crippen MR) is 88.4 cm³/mol. The van der Waals surface area contributed by atoms with Crippen LogP contribution >= 0.6 is 0 Å². The molecule has 0 radical (unpaired) electrons. The van der Waals surface area contributed by atoms with Gasteiger partial charge in [0.25, 0.3) is 0 Å². The van der Waals surface area contributed by atoms with E-state index < -0.39 is 36.9 Å². The van der Waals surface area contributed by atoms with Crippen LogP contribution in [0.3, 0.4) is 0 Å². The van der Waals surface area contributed by atoms with E-state index in [-0.39, 0.29) is 19.1 Å². The van der Waals surface area contributed by atoms with Gasteiger partial charge in [-0.05, 0) is 0 Å². The maximum absolute atomic E-state index is 11.5. The Morgan fingerprint density at radius 3 is 2.84 bits per heavy atom. The predicted octanol–water partition coefficient (Wildman–Crippen LogP) is 0.894. The molecule has 2 heterocycles. The van der Waals surface area contributed by atoms with Gasteiger partial charge < -0.3 is 29.4 Å². The molecular weight excluding hydrogens is 326 g/mol. The van der Waals surface area contributed by atoms with E-state index in [4.69, 9.17) is 18.9 Å². The molecule has 1 amide bonds. The Morgan fingerprint density at radius 1 is 1.40 bits per heavy atom. The maximum atomic E-state index is 11.5. The van der Waals surface area contributed by atoms with Crippen LogP contribution < -0.4 is 5.32 Å². The van der Waals surface area contributed by atoms with Crippen molar-refractivity contribution in [3.63, 3.8) is 0 Å². The van der Waals surface area contributed by atoms with E-state index in [1.807, 2.05) is 30.3 Å². The number of ether oxygens (including phenoxy) is 4. The van der Waals surface area contributed by atoms with Gasteiger partial charge >= 0.3 is 0 Å². The number of carbonyl (C=O) groups excluding carboxylic acids is 1. The van der Waals surface area contributed by atoms with Crippen molar-refractivity contribution in [2.45, 2.75) is 43.9 Å². The molecule has 7 nitrogen and oxygen atoms in total. The van der Waals surface area contributed by atoms with E-state index in [1.165, 1.54) is 6.92 Å². The van der Waals surface area contributed by atoms with Gasteiger partial charge in [0, 0.05) is 12.5 Å². The summed E-state index contributed by atoms with van der Waals surface area (Å²) >= 11 is 0. The highest BCUT2D eigenvalue weighted by Gasteiger charge is 2.50.